The molecule has 0 saturated carbocycles. The molecule has 4 aromatic rings. The molecule has 0 aliphatic carbocycles. The predicted octanol–water partition coefficient (Wildman–Crippen LogP) is 5.30. The van der Waals surface area contributed by atoms with Crippen molar-refractivity contribution < 1.29 is 8.94 Å². The van der Waals surface area contributed by atoms with Gasteiger partial charge in [0, 0.05) is 22.8 Å². The number of nitrogens with zero attached hydrogens (tertiary/aromatic N) is 5. The first-order chi connectivity index (χ1) is 15.9. The summed E-state index contributed by atoms with van der Waals surface area (Å²) in [5.74, 6) is 1.61. The molecule has 8 nitrogen and oxygen atoms in total. The molecule has 1 aliphatic rings. The molecule has 0 spiro atoms. The highest BCUT2D eigenvalue weighted by atomic mass is 32.2. The van der Waals surface area contributed by atoms with Gasteiger partial charge in [0.1, 0.15) is 11.3 Å². The van der Waals surface area contributed by atoms with Crippen LogP contribution in [0.1, 0.15) is 64.0 Å². The predicted molar refractivity (Wildman–Crippen MR) is 133 cm³/mol. The monoisotopic (exact) mass is 477 g/mol. The third-order valence-corrected chi connectivity index (χ3v) is 6.78. The van der Waals surface area contributed by atoms with Gasteiger partial charge in [-0.05, 0) is 35.4 Å². The van der Waals surface area contributed by atoms with Crippen molar-refractivity contribution in [2.75, 3.05) is 5.75 Å². The zero-order valence-electron chi connectivity index (χ0n) is 20.4. The number of hydrogen-bond acceptors (Lipinski definition) is 8. The highest BCUT2D eigenvalue weighted by Gasteiger charge is 2.27. The smallest absolute Gasteiger partial charge is 0.345 e. The lowest BCUT2D eigenvalue weighted by atomic mass is 9.79. The number of fused-ring (bicyclic) bond motifs is 2. The molecule has 0 fully saturated rings. The minimum Gasteiger partial charge on any atom is -0.422 e. The molecule has 9 heteroatoms. The highest BCUT2D eigenvalue weighted by molar-refractivity contribution is 7.99. The van der Waals surface area contributed by atoms with Gasteiger partial charge in [0.05, 0.1) is 11.3 Å². The van der Waals surface area contributed by atoms with Gasteiger partial charge in [-0.1, -0.05) is 64.5 Å². The largest absolute Gasteiger partial charge is 0.422 e. The van der Waals surface area contributed by atoms with E-state index < -0.39 is 5.63 Å². The highest BCUT2D eigenvalue weighted by Crippen LogP contribution is 2.35. The van der Waals surface area contributed by atoms with Crippen molar-refractivity contribution in [3.63, 3.8) is 0 Å². The van der Waals surface area contributed by atoms with E-state index in [0.717, 1.165) is 10.9 Å². The fraction of sp³-hybridized carbons (Fsp3) is 0.400. The van der Waals surface area contributed by atoms with E-state index in [1.54, 1.807) is 10.7 Å². The normalized spacial score (nSPS) is 14.4. The van der Waals surface area contributed by atoms with Crippen molar-refractivity contribution in [1.29, 1.82) is 0 Å². The summed E-state index contributed by atoms with van der Waals surface area (Å²) in [6.45, 7) is 14.8. The van der Waals surface area contributed by atoms with Crippen LogP contribution in [0.3, 0.4) is 0 Å². The topological polar surface area (TPSA) is 99.3 Å². The summed E-state index contributed by atoms with van der Waals surface area (Å²) in [5.41, 5.74) is 3.77. The van der Waals surface area contributed by atoms with Gasteiger partial charge in [-0.15, -0.1) is 10.2 Å². The van der Waals surface area contributed by atoms with E-state index in [2.05, 4.69) is 69.0 Å². The molecule has 1 aromatic carbocycles. The minimum atomic E-state index is -0.406. The van der Waals surface area contributed by atoms with E-state index in [4.69, 9.17) is 14.0 Å². The van der Waals surface area contributed by atoms with E-state index in [-0.39, 0.29) is 10.8 Å². The third-order valence-electron chi connectivity index (χ3n) is 5.84. The van der Waals surface area contributed by atoms with Crippen molar-refractivity contribution in [2.24, 2.45) is 5.10 Å². The number of aromatic nitrogens is 4. The molecule has 0 bridgehead atoms. The lowest BCUT2D eigenvalue weighted by Gasteiger charge is -2.26. The maximum atomic E-state index is 13.2. The summed E-state index contributed by atoms with van der Waals surface area (Å²) < 4.78 is 12.7. The molecule has 3 aromatic heterocycles. The fourth-order valence-corrected chi connectivity index (χ4v) is 4.74. The van der Waals surface area contributed by atoms with Crippen LogP contribution in [0.15, 0.2) is 48.3 Å². The molecule has 0 unspecified atom stereocenters. The Morgan fingerprint density at radius 2 is 1.76 bits per heavy atom. The number of thioether (sulfide) groups is 1. The van der Waals surface area contributed by atoms with Crippen LogP contribution in [0.2, 0.25) is 0 Å². The minimum absolute atomic E-state index is 0.0509. The Kier molecular flexibility index (Phi) is 5.09. The summed E-state index contributed by atoms with van der Waals surface area (Å²) in [6, 6.07) is 7.95. The molecule has 0 N–H and O–H groups in total. The first-order valence-corrected chi connectivity index (χ1v) is 12.1. The van der Waals surface area contributed by atoms with E-state index in [1.807, 2.05) is 13.0 Å². The average molecular weight is 478 g/mol. The molecule has 0 saturated heterocycles. The second-order valence-corrected chi connectivity index (χ2v) is 11.6. The van der Waals surface area contributed by atoms with Gasteiger partial charge in [0.2, 0.25) is 11.0 Å². The van der Waals surface area contributed by atoms with E-state index >= 15 is 0 Å². The Morgan fingerprint density at radius 3 is 2.41 bits per heavy atom. The maximum absolute atomic E-state index is 13.2. The Labute approximate surface area is 201 Å². The van der Waals surface area contributed by atoms with Crippen LogP contribution in [0.5, 0.6) is 0 Å². The summed E-state index contributed by atoms with van der Waals surface area (Å²) in [4.78, 5) is 13.2. The molecule has 0 radical (unpaired) electrons. The number of aryl methyl sites for hydroxylation is 1. The Morgan fingerprint density at radius 1 is 1.00 bits per heavy atom. The van der Waals surface area contributed by atoms with Gasteiger partial charge in [-0.3, -0.25) is 0 Å². The van der Waals surface area contributed by atoms with Crippen molar-refractivity contribution in [2.45, 2.75) is 64.5 Å². The molecule has 1 aliphatic heterocycles. The van der Waals surface area contributed by atoms with Gasteiger partial charge >= 0.3 is 5.63 Å². The summed E-state index contributed by atoms with van der Waals surface area (Å²) in [7, 11) is 0. The molecule has 4 heterocycles. The van der Waals surface area contributed by atoms with Gasteiger partial charge in [-0.25, -0.2) is 4.79 Å². The summed E-state index contributed by atoms with van der Waals surface area (Å²) in [5, 5.41) is 18.7. The number of rotatable bonds is 2. The van der Waals surface area contributed by atoms with Crippen LogP contribution in [0.4, 0.5) is 0 Å². The Bertz CT molecular complexity index is 1510. The zero-order chi connectivity index (χ0) is 24.4. The number of hydrogen-bond donors (Lipinski definition) is 0. The van der Waals surface area contributed by atoms with Crippen molar-refractivity contribution in [3.8, 4) is 11.5 Å². The van der Waals surface area contributed by atoms with Crippen molar-refractivity contribution in [1.82, 2.24) is 20.0 Å². The molecule has 34 heavy (non-hydrogen) atoms. The SMILES string of the molecule is Cc1cc(-c2nnc3n2N=C(c2cc4cc(C(C)(C)C)cc(C(C)(C)C)c4oc2=O)CS3)no1. The molecule has 5 rings (SSSR count). The van der Waals surface area contributed by atoms with Crippen molar-refractivity contribution >= 4 is 28.4 Å². The standard InChI is InChI=1S/C25H27N5O3S/c1-13-8-18(29-33-13)21-26-27-23-30(21)28-19(12-34-23)16-10-14-9-15(24(2,3)4)11-17(25(5,6)7)20(14)32-22(16)31/h8-11H,12H2,1-7H3. The maximum Gasteiger partial charge on any atom is 0.345 e. The van der Waals surface area contributed by atoms with E-state index in [1.165, 1.54) is 17.3 Å². The Balaban J connectivity index is 1.69. The molecule has 176 valence electrons. The van der Waals surface area contributed by atoms with Crippen molar-refractivity contribution in [3.05, 3.63) is 57.1 Å². The van der Waals surface area contributed by atoms with Gasteiger partial charge in [0.25, 0.3) is 0 Å². The summed E-state index contributed by atoms with van der Waals surface area (Å²) >= 11 is 1.46. The van der Waals surface area contributed by atoms with E-state index in [0.29, 0.717) is 45.0 Å². The summed E-state index contributed by atoms with van der Waals surface area (Å²) in [6.07, 6.45) is 0. The van der Waals surface area contributed by atoms with Crippen LogP contribution in [-0.4, -0.2) is 31.5 Å². The van der Waals surface area contributed by atoms with E-state index in [9.17, 15) is 4.79 Å². The molecular weight excluding hydrogens is 450 g/mol. The van der Waals surface area contributed by atoms with Gasteiger partial charge in [0.15, 0.2) is 5.69 Å². The average Bonchev–Trinajstić information content (AvgIpc) is 3.36. The van der Waals surface area contributed by atoms with Crippen LogP contribution in [0, 0.1) is 6.92 Å². The Hall–Kier alpha value is -3.20. The molecular formula is C25H27N5O3S. The van der Waals surface area contributed by atoms with Crippen LogP contribution < -0.4 is 5.63 Å². The van der Waals surface area contributed by atoms with Gasteiger partial charge < -0.3 is 8.94 Å². The van der Waals surface area contributed by atoms with Crippen LogP contribution in [0.25, 0.3) is 22.5 Å². The second-order valence-electron chi connectivity index (χ2n) is 10.7. The molecule has 0 amide bonds. The lowest BCUT2D eigenvalue weighted by Crippen LogP contribution is -2.22. The quantitative estimate of drug-likeness (QED) is 0.361. The van der Waals surface area contributed by atoms with Crippen LogP contribution in [-0.2, 0) is 10.8 Å². The van der Waals surface area contributed by atoms with Crippen LogP contribution >= 0.6 is 11.8 Å². The zero-order valence-corrected chi connectivity index (χ0v) is 21.2. The number of benzene rings is 1. The third kappa shape index (κ3) is 3.87. The first-order valence-electron chi connectivity index (χ1n) is 11.1. The second kappa shape index (κ2) is 7.66. The first kappa shape index (κ1) is 22.6. The fourth-order valence-electron chi connectivity index (χ4n) is 3.92. The molecule has 0 atom stereocenters. The lowest BCUT2D eigenvalue weighted by molar-refractivity contribution is 0.399. The van der Waals surface area contributed by atoms with Gasteiger partial charge in [-0.2, -0.15) is 9.78 Å².